The van der Waals surface area contributed by atoms with Crippen molar-refractivity contribution < 1.29 is 37.2 Å². The van der Waals surface area contributed by atoms with E-state index in [2.05, 4.69) is 21.1 Å². The van der Waals surface area contributed by atoms with Gasteiger partial charge in [0.15, 0.2) is 17.3 Å². The summed E-state index contributed by atoms with van der Waals surface area (Å²) >= 11 is 0. The molecule has 14 heteroatoms. The van der Waals surface area contributed by atoms with Gasteiger partial charge in [0.1, 0.15) is 23.1 Å². The lowest BCUT2D eigenvalue weighted by Gasteiger charge is -2.24. The number of hydrogen-bond donors (Lipinski definition) is 3. The summed E-state index contributed by atoms with van der Waals surface area (Å²) in [7, 11) is 0. The molecule has 1 aliphatic heterocycles. The number of rotatable bonds is 11. The van der Waals surface area contributed by atoms with Crippen molar-refractivity contribution in [3.8, 4) is 0 Å². The van der Waals surface area contributed by atoms with Crippen molar-refractivity contribution >= 4 is 29.4 Å². The monoisotopic (exact) mass is 639 g/mol. The third kappa shape index (κ3) is 8.96. The van der Waals surface area contributed by atoms with Gasteiger partial charge in [-0.15, -0.1) is 0 Å². The number of anilines is 1. The van der Waals surface area contributed by atoms with Gasteiger partial charge in [0, 0.05) is 43.3 Å². The van der Waals surface area contributed by atoms with Gasteiger partial charge >= 0.3 is 5.97 Å². The number of pyridine rings is 1. The minimum absolute atomic E-state index is 0.0704. The van der Waals surface area contributed by atoms with E-state index in [-0.39, 0.29) is 35.7 Å². The normalized spacial score (nSPS) is 16.1. The topological polar surface area (TPSA) is 162 Å². The van der Waals surface area contributed by atoms with Crippen molar-refractivity contribution in [1.82, 2.24) is 20.4 Å². The number of benzene rings is 1. The Morgan fingerprint density at radius 1 is 1.17 bits per heavy atom. The molecule has 0 spiro atoms. The van der Waals surface area contributed by atoms with Crippen molar-refractivity contribution in [2.75, 3.05) is 11.9 Å². The van der Waals surface area contributed by atoms with Crippen molar-refractivity contribution in [1.29, 1.82) is 0 Å². The Balaban J connectivity index is 1.67. The van der Waals surface area contributed by atoms with Crippen LogP contribution in [-0.2, 0) is 25.5 Å². The van der Waals surface area contributed by atoms with Crippen LogP contribution in [0.2, 0.25) is 0 Å². The summed E-state index contributed by atoms with van der Waals surface area (Å²) in [4.78, 5) is 65.0. The molecule has 1 saturated heterocycles. The van der Waals surface area contributed by atoms with E-state index in [4.69, 9.17) is 9.26 Å². The van der Waals surface area contributed by atoms with Crippen molar-refractivity contribution in [3.05, 3.63) is 93.8 Å². The van der Waals surface area contributed by atoms with Gasteiger partial charge < -0.3 is 29.8 Å². The van der Waals surface area contributed by atoms with E-state index < -0.39 is 58.6 Å². The number of halogens is 2. The van der Waals surface area contributed by atoms with Gasteiger partial charge in [0.2, 0.25) is 11.8 Å². The molecule has 0 unspecified atom stereocenters. The second-order valence-corrected chi connectivity index (χ2v) is 11.9. The van der Waals surface area contributed by atoms with Crippen LogP contribution in [0.3, 0.4) is 0 Å². The van der Waals surface area contributed by atoms with Crippen LogP contribution in [0.25, 0.3) is 0 Å². The second kappa shape index (κ2) is 14.3. The molecule has 1 aliphatic rings. The van der Waals surface area contributed by atoms with Crippen LogP contribution in [0.5, 0.6) is 0 Å². The molecule has 3 N–H and O–H groups in total. The average Bonchev–Trinajstić information content (AvgIpc) is 3.60. The number of carbonyl (C=O) groups is 4. The van der Waals surface area contributed by atoms with Gasteiger partial charge in [0.25, 0.3) is 11.5 Å². The molecule has 0 radical (unpaired) electrons. The number of hydrogen-bond acceptors (Lipinski definition) is 8. The largest absolute Gasteiger partial charge is 0.457 e. The Morgan fingerprint density at radius 2 is 1.93 bits per heavy atom. The SMILES string of the molecule is Cc1cc(C(=O)Nc2cccn([C@@H](Cc3ccc(F)c(F)c3)C(=O)N[C@H](/C=C/C(=O)OC(C)(C)C)C[C@@H]3CCNC3=O)c2=O)no1. The van der Waals surface area contributed by atoms with Crippen LogP contribution < -0.4 is 21.5 Å². The fourth-order valence-electron chi connectivity index (χ4n) is 4.89. The highest BCUT2D eigenvalue weighted by Gasteiger charge is 2.30. The molecule has 3 aromatic rings. The summed E-state index contributed by atoms with van der Waals surface area (Å²) in [6.07, 6.45) is 4.27. The van der Waals surface area contributed by atoms with E-state index in [1.165, 1.54) is 36.5 Å². The van der Waals surface area contributed by atoms with Crippen LogP contribution in [0.4, 0.5) is 14.5 Å². The molecule has 46 heavy (non-hydrogen) atoms. The Kier molecular flexibility index (Phi) is 10.5. The third-order valence-corrected chi connectivity index (χ3v) is 7.04. The molecule has 0 saturated carbocycles. The van der Waals surface area contributed by atoms with E-state index in [0.29, 0.717) is 18.7 Å². The first-order valence-electron chi connectivity index (χ1n) is 14.6. The lowest BCUT2D eigenvalue weighted by Crippen LogP contribution is -2.43. The number of nitrogens with zero attached hydrogens (tertiary/aromatic N) is 2. The van der Waals surface area contributed by atoms with E-state index in [1.54, 1.807) is 27.7 Å². The summed E-state index contributed by atoms with van der Waals surface area (Å²) in [6.45, 7) is 7.15. The first kappa shape index (κ1) is 33.7. The first-order chi connectivity index (χ1) is 21.7. The van der Waals surface area contributed by atoms with Crippen LogP contribution >= 0.6 is 0 Å². The Labute approximate surface area is 263 Å². The molecule has 2 aromatic heterocycles. The number of ether oxygens (including phenoxy) is 1. The van der Waals surface area contributed by atoms with Gasteiger partial charge in [0.05, 0.1) is 0 Å². The van der Waals surface area contributed by atoms with Crippen molar-refractivity contribution in [3.63, 3.8) is 0 Å². The van der Waals surface area contributed by atoms with Crippen LogP contribution in [0.15, 0.2) is 64.1 Å². The van der Waals surface area contributed by atoms with Crippen molar-refractivity contribution in [2.24, 2.45) is 5.92 Å². The highest BCUT2D eigenvalue weighted by atomic mass is 19.2. The zero-order valence-electron chi connectivity index (χ0n) is 25.8. The maximum atomic E-state index is 14.2. The smallest absolute Gasteiger partial charge is 0.331 e. The van der Waals surface area contributed by atoms with Gasteiger partial charge in [-0.2, -0.15) is 0 Å². The molecule has 3 atom stereocenters. The number of esters is 1. The predicted molar refractivity (Wildman–Crippen MR) is 162 cm³/mol. The van der Waals surface area contributed by atoms with E-state index in [0.717, 1.165) is 22.8 Å². The Morgan fingerprint density at radius 3 is 2.57 bits per heavy atom. The molecular formula is C32H35F2N5O7. The summed E-state index contributed by atoms with van der Waals surface area (Å²) in [5, 5.41) is 11.6. The zero-order valence-corrected chi connectivity index (χ0v) is 25.8. The molecule has 244 valence electrons. The highest BCUT2D eigenvalue weighted by molar-refractivity contribution is 6.02. The Hall–Kier alpha value is -5.14. The molecule has 12 nitrogen and oxygen atoms in total. The first-order valence-corrected chi connectivity index (χ1v) is 14.6. The van der Waals surface area contributed by atoms with Gasteiger partial charge in [-0.1, -0.05) is 17.3 Å². The summed E-state index contributed by atoms with van der Waals surface area (Å²) in [6, 6.07) is 5.07. The summed E-state index contributed by atoms with van der Waals surface area (Å²) in [5.74, 6) is -4.62. The Bertz CT molecular complexity index is 1710. The molecule has 3 amide bonds. The van der Waals surface area contributed by atoms with Gasteiger partial charge in [-0.25, -0.2) is 13.6 Å². The van der Waals surface area contributed by atoms with E-state index in [1.807, 2.05) is 0 Å². The summed E-state index contributed by atoms with van der Waals surface area (Å²) in [5.41, 5.74) is -1.58. The second-order valence-electron chi connectivity index (χ2n) is 11.9. The van der Waals surface area contributed by atoms with E-state index >= 15 is 0 Å². The van der Waals surface area contributed by atoms with Gasteiger partial charge in [-0.05, 0) is 70.4 Å². The number of aryl methyl sites for hydroxylation is 1. The lowest BCUT2D eigenvalue weighted by molar-refractivity contribution is -0.148. The fraction of sp³-hybridized carbons (Fsp3) is 0.375. The third-order valence-electron chi connectivity index (χ3n) is 7.04. The minimum atomic E-state index is -1.33. The molecule has 1 aromatic carbocycles. The molecule has 1 fully saturated rings. The maximum absolute atomic E-state index is 14.2. The standard InChI is InChI=1S/C32H35F2N5O7/c1-18-14-25(38-46-18)29(42)37-24-6-5-13-39(31(24)44)26(16-19-7-9-22(33)23(34)15-19)30(43)36-21(17-20-11-12-35-28(20)41)8-10-27(40)45-32(2,3)4/h5-10,13-15,20-21,26H,11-12,16-17H2,1-4H3,(H,35,41)(H,36,43)(H,37,42)/b10-8+/t20-,21+,26-/m0/s1. The highest BCUT2D eigenvalue weighted by Crippen LogP contribution is 2.21. The molecular weight excluding hydrogens is 604 g/mol. The number of aromatic nitrogens is 2. The van der Waals surface area contributed by atoms with Crippen LogP contribution in [-0.4, -0.2) is 51.6 Å². The summed E-state index contributed by atoms with van der Waals surface area (Å²) < 4.78 is 39.2. The minimum Gasteiger partial charge on any atom is -0.457 e. The number of nitrogens with one attached hydrogen (secondary N) is 3. The number of carbonyl (C=O) groups excluding carboxylic acids is 4. The van der Waals surface area contributed by atoms with Gasteiger partial charge in [-0.3, -0.25) is 19.2 Å². The zero-order chi connectivity index (χ0) is 33.6. The molecule has 4 rings (SSSR count). The van der Waals surface area contributed by atoms with Crippen LogP contribution in [0.1, 0.15) is 61.5 Å². The molecule has 0 aliphatic carbocycles. The van der Waals surface area contributed by atoms with E-state index in [9.17, 15) is 32.8 Å². The molecule has 0 bridgehead atoms. The fourth-order valence-corrected chi connectivity index (χ4v) is 4.89. The quantitative estimate of drug-likeness (QED) is 0.213. The van der Waals surface area contributed by atoms with Crippen molar-refractivity contribution in [2.45, 2.75) is 64.6 Å². The number of amides is 3. The average molecular weight is 640 g/mol. The van der Waals surface area contributed by atoms with Crippen LogP contribution in [0, 0.1) is 24.5 Å². The molecule has 3 heterocycles. The lowest BCUT2D eigenvalue weighted by atomic mass is 9.97. The maximum Gasteiger partial charge on any atom is 0.331 e. The predicted octanol–water partition coefficient (Wildman–Crippen LogP) is 3.37.